The maximum atomic E-state index is 10.4. The maximum Gasteiger partial charge on any atom is 0.303 e. The number of carboxylic acids is 1. The highest BCUT2D eigenvalue weighted by atomic mass is 16.4. The van der Waals surface area contributed by atoms with Crippen LogP contribution < -0.4 is 0 Å². The highest BCUT2D eigenvalue weighted by Gasteiger charge is 2.01. The minimum Gasteiger partial charge on any atom is -0.481 e. The summed E-state index contributed by atoms with van der Waals surface area (Å²) in [6.07, 6.45) is 32.8. The van der Waals surface area contributed by atoms with Gasteiger partial charge in [0.05, 0.1) is 6.10 Å². The molecule has 3 nitrogen and oxygen atoms in total. The number of aliphatic carboxylic acids is 1. The molecule has 0 bridgehead atoms. The fourth-order valence-electron chi connectivity index (χ4n) is 3.87. The van der Waals surface area contributed by atoms with Gasteiger partial charge in [-0.25, -0.2) is 0 Å². The van der Waals surface area contributed by atoms with Crippen molar-refractivity contribution in [3.05, 3.63) is 24.3 Å². The van der Waals surface area contributed by atoms with Crippen LogP contribution >= 0.6 is 0 Å². The fourth-order valence-corrected chi connectivity index (χ4v) is 3.87. The Kier molecular flexibility index (Phi) is 24.3. The molecule has 0 spiro atoms. The van der Waals surface area contributed by atoms with E-state index in [1.165, 1.54) is 83.5 Å². The minimum absolute atomic E-state index is 0.192. The van der Waals surface area contributed by atoms with Crippen LogP contribution in [0, 0.1) is 0 Å². The standard InChI is InChI=1S/C28H52O3/c1-2-3-4-5-6-7-8-9-10-12-15-18-21-24-27(29)25-22-19-16-13-11-14-17-20-23-26-28(30)31/h10,12,18,21,27,29H,2-9,11,13-17,19-20,22-26H2,1H3,(H,30,31). The second-order valence-corrected chi connectivity index (χ2v) is 9.09. The van der Waals surface area contributed by atoms with Gasteiger partial charge in [-0.15, -0.1) is 0 Å². The molecule has 0 aromatic heterocycles. The lowest BCUT2D eigenvalue weighted by Gasteiger charge is -2.07. The van der Waals surface area contributed by atoms with Crippen LogP contribution in [0.1, 0.15) is 142 Å². The van der Waals surface area contributed by atoms with E-state index in [-0.39, 0.29) is 6.10 Å². The van der Waals surface area contributed by atoms with E-state index in [0.717, 1.165) is 44.9 Å². The SMILES string of the molecule is CCCCCCCCCC=CCC=CCC(O)CCCCCCCCCCCC(=O)O. The van der Waals surface area contributed by atoms with Gasteiger partial charge >= 0.3 is 5.97 Å². The monoisotopic (exact) mass is 436 g/mol. The molecule has 0 saturated carbocycles. The summed E-state index contributed by atoms with van der Waals surface area (Å²) in [6, 6.07) is 0. The molecule has 0 rings (SSSR count). The molecule has 182 valence electrons. The Morgan fingerprint density at radius 3 is 1.81 bits per heavy atom. The zero-order valence-corrected chi connectivity index (χ0v) is 20.5. The second kappa shape index (κ2) is 25.2. The van der Waals surface area contributed by atoms with Gasteiger partial charge in [-0.3, -0.25) is 4.79 Å². The third-order valence-electron chi connectivity index (χ3n) is 5.92. The van der Waals surface area contributed by atoms with E-state index in [1.54, 1.807) is 0 Å². The number of hydrogen-bond acceptors (Lipinski definition) is 2. The normalized spacial score (nSPS) is 12.8. The first-order valence-corrected chi connectivity index (χ1v) is 13.4. The van der Waals surface area contributed by atoms with Crippen molar-refractivity contribution < 1.29 is 15.0 Å². The fraction of sp³-hybridized carbons (Fsp3) is 0.821. The van der Waals surface area contributed by atoms with E-state index < -0.39 is 5.97 Å². The minimum atomic E-state index is -0.677. The lowest BCUT2D eigenvalue weighted by molar-refractivity contribution is -0.137. The lowest BCUT2D eigenvalue weighted by Crippen LogP contribution is -2.04. The number of aliphatic hydroxyl groups excluding tert-OH is 1. The van der Waals surface area contributed by atoms with Crippen molar-refractivity contribution in [1.82, 2.24) is 0 Å². The van der Waals surface area contributed by atoms with E-state index in [0.29, 0.717) is 6.42 Å². The summed E-state index contributed by atoms with van der Waals surface area (Å²) >= 11 is 0. The quantitative estimate of drug-likeness (QED) is 0.117. The molecule has 0 aromatic carbocycles. The van der Waals surface area contributed by atoms with Crippen molar-refractivity contribution in [1.29, 1.82) is 0 Å². The molecule has 1 unspecified atom stereocenters. The molecule has 0 heterocycles. The predicted octanol–water partition coefficient (Wildman–Crippen LogP) is 8.76. The predicted molar refractivity (Wildman–Crippen MR) is 135 cm³/mol. The molecule has 0 saturated heterocycles. The van der Waals surface area contributed by atoms with Crippen LogP contribution in [0.4, 0.5) is 0 Å². The van der Waals surface area contributed by atoms with Gasteiger partial charge in [-0.2, -0.15) is 0 Å². The molecular formula is C28H52O3. The Labute approximate surface area is 193 Å². The van der Waals surface area contributed by atoms with Crippen LogP contribution in [0.15, 0.2) is 24.3 Å². The molecule has 0 amide bonds. The van der Waals surface area contributed by atoms with Gasteiger partial charge in [-0.1, -0.05) is 121 Å². The third-order valence-corrected chi connectivity index (χ3v) is 5.92. The summed E-state index contributed by atoms with van der Waals surface area (Å²) in [5, 5.41) is 18.7. The molecule has 2 N–H and O–H groups in total. The number of unbranched alkanes of at least 4 members (excludes halogenated alkanes) is 15. The van der Waals surface area contributed by atoms with Crippen molar-refractivity contribution >= 4 is 5.97 Å². The van der Waals surface area contributed by atoms with E-state index in [2.05, 4.69) is 31.2 Å². The number of carbonyl (C=O) groups is 1. The smallest absolute Gasteiger partial charge is 0.303 e. The Morgan fingerprint density at radius 2 is 1.19 bits per heavy atom. The Hall–Kier alpha value is -1.09. The summed E-state index contributed by atoms with van der Waals surface area (Å²) in [5.74, 6) is -0.677. The maximum absolute atomic E-state index is 10.4. The molecule has 1 atom stereocenters. The van der Waals surface area contributed by atoms with Gasteiger partial charge in [0.15, 0.2) is 0 Å². The summed E-state index contributed by atoms with van der Waals surface area (Å²) in [5.41, 5.74) is 0. The Balaban J connectivity index is 3.32. The highest BCUT2D eigenvalue weighted by Crippen LogP contribution is 2.13. The van der Waals surface area contributed by atoms with E-state index in [1.807, 2.05) is 0 Å². The number of allylic oxidation sites excluding steroid dienone is 3. The van der Waals surface area contributed by atoms with Gasteiger partial charge in [0.2, 0.25) is 0 Å². The number of rotatable bonds is 24. The molecule has 0 aliphatic carbocycles. The summed E-state index contributed by atoms with van der Waals surface area (Å²) in [6.45, 7) is 2.27. The van der Waals surface area contributed by atoms with Crippen molar-refractivity contribution in [3.63, 3.8) is 0 Å². The largest absolute Gasteiger partial charge is 0.481 e. The molecule has 3 heteroatoms. The number of carboxylic acid groups (broad SMARTS) is 1. The first-order valence-electron chi connectivity index (χ1n) is 13.4. The average molecular weight is 437 g/mol. The van der Waals surface area contributed by atoms with Gasteiger partial charge in [-0.05, 0) is 38.5 Å². The highest BCUT2D eigenvalue weighted by molar-refractivity contribution is 5.66. The van der Waals surface area contributed by atoms with Crippen molar-refractivity contribution in [2.75, 3.05) is 0 Å². The number of aliphatic hydroxyl groups is 1. The van der Waals surface area contributed by atoms with Gasteiger partial charge < -0.3 is 10.2 Å². The van der Waals surface area contributed by atoms with Crippen LogP contribution in [-0.4, -0.2) is 22.3 Å². The molecule has 0 radical (unpaired) electrons. The van der Waals surface area contributed by atoms with Gasteiger partial charge in [0, 0.05) is 6.42 Å². The van der Waals surface area contributed by atoms with E-state index in [4.69, 9.17) is 5.11 Å². The second-order valence-electron chi connectivity index (χ2n) is 9.09. The Bertz CT molecular complexity index is 428. The van der Waals surface area contributed by atoms with E-state index in [9.17, 15) is 9.90 Å². The van der Waals surface area contributed by atoms with Crippen LogP contribution in [0.25, 0.3) is 0 Å². The molecule has 0 aliphatic heterocycles. The average Bonchev–Trinajstić information content (AvgIpc) is 2.75. The van der Waals surface area contributed by atoms with Gasteiger partial charge in [0.25, 0.3) is 0 Å². The number of hydrogen-bond donors (Lipinski definition) is 2. The molecular weight excluding hydrogens is 384 g/mol. The van der Waals surface area contributed by atoms with Crippen LogP contribution in [0.3, 0.4) is 0 Å². The van der Waals surface area contributed by atoms with Crippen LogP contribution in [0.5, 0.6) is 0 Å². The first kappa shape index (κ1) is 29.9. The van der Waals surface area contributed by atoms with E-state index >= 15 is 0 Å². The van der Waals surface area contributed by atoms with Gasteiger partial charge in [0.1, 0.15) is 0 Å². The summed E-state index contributed by atoms with van der Waals surface area (Å²) in [4.78, 5) is 10.4. The van der Waals surface area contributed by atoms with Crippen LogP contribution in [0.2, 0.25) is 0 Å². The molecule has 0 aliphatic rings. The third kappa shape index (κ3) is 26.9. The zero-order chi connectivity index (χ0) is 22.8. The molecule has 0 aromatic rings. The van der Waals surface area contributed by atoms with Crippen molar-refractivity contribution in [3.8, 4) is 0 Å². The lowest BCUT2D eigenvalue weighted by atomic mass is 10.0. The topological polar surface area (TPSA) is 57.5 Å². The van der Waals surface area contributed by atoms with Crippen molar-refractivity contribution in [2.24, 2.45) is 0 Å². The Morgan fingerprint density at radius 1 is 0.677 bits per heavy atom. The van der Waals surface area contributed by atoms with Crippen molar-refractivity contribution in [2.45, 2.75) is 148 Å². The van der Waals surface area contributed by atoms with Crippen LogP contribution in [-0.2, 0) is 4.79 Å². The zero-order valence-electron chi connectivity index (χ0n) is 20.5. The molecule has 31 heavy (non-hydrogen) atoms. The summed E-state index contributed by atoms with van der Waals surface area (Å²) in [7, 11) is 0. The first-order chi connectivity index (χ1) is 15.2. The summed E-state index contributed by atoms with van der Waals surface area (Å²) < 4.78 is 0. The molecule has 0 fully saturated rings.